The van der Waals surface area contributed by atoms with E-state index in [2.05, 4.69) is 4.74 Å². The van der Waals surface area contributed by atoms with E-state index >= 15 is 0 Å². The highest BCUT2D eigenvalue weighted by Crippen LogP contribution is 2.06. The van der Waals surface area contributed by atoms with Crippen LogP contribution in [0.15, 0.2) is 0 Å². The Morgan fingerprint density at radius 3 is 2.70 bits per heavy atom. The molecule has 0 rings (SSSR count). The Morgan fingerprint density at radius 1 is 1.90 bits per heavy atom. The summed E-state index contributed by atoms with van der Waals surface area (Å²) in [5.41, 5.74) is 0. The van der Waals surface area contributed by atoms with Crippen molar-refractivity contribution in [2.24, 2.45) is 5.89 Å². The van der Waals surface area contributed by atoms with Gasteiger partial charge in [-0.05, 0) is 11.6 Å². The third-order valence-electron chi connectivity index (χ3n) is 0.770. The molecule has 0 aromatic carbocycles. The van der Waals surface area contributed by atoms with Crippen molar-refractivity contribution in [3.8, 4) is 0 Å². The average molecular weight is 168 g/mol. The molecule has 0 aromatic rings. The molecule has 1 atom stereocenters. The summed E-state index contributed by atoms with van der Waals surface area (Å²) in [4.78, 5) is 21.5. The van der Waals surface area contributed by atoms with Crippen molar-refractivity contribution in [3.05, 3.63) is 0 Å². The molecule has 0 unspecified atom stereocenters. The normalized spacial score (nSPS) is 21.3. The highest BCUT2D eigenvalue weighted by Gasteiger charge is 2.14. The molecule has 0 heterocycles. The van der Waals surface area contributed by atoms with Crippen LogP contribution >= 0.6 is 11.6 Å². The molecule has 0 bridgehead atoms. The first kappa shape index (κ1) is 5.13. The van der Waals surface area contributed by atoms with Crippen LogP contribution in [0.1, 0.15) is 17.4 Å². The third kappa shape index (κ3) is 3.45. The average Bonchev–Trinajstić information content (AvgIpc) is 2.02. The van der Waals surface area contributed by atoms with Crippen LogP contribution in [0.2, 0.25) is 0 Å². The summed E-state index contributed by atoms with van der Waals surface area (Å²) in [5.74, 6) is -3.64. The largest absolute Gasteiger partial charge is 0.469 e. The molecule has 0 aliphatic heterocycles. The van der Waals surface area contributed by atoms with Gasteiger partial charge in [-0.2, -0.15) is 0 Å². The second-order valence-corrected chi connectivity index (χ2v) is 1.86. The fraction of sp³-hybridized carbons (Fsp3) is 0.667. The highest BCUT2D eigenvalue weighted by atomic mass is 35.5. The number of ether oxygens (including phenoxy) is 1. The first-order valence-electron chi connectivity index (χ1n) is 3.96. The number of hydrogen-bond acceptors (Lipinski definition) is 3. The van der Waals surface area contributed by atoms with E-state index in [9.17, 15) is 9.59 Å². The number of carbonyl (C=O) groups excluding carboxylic acids is 2. The van der Waals surface area contributed by atoms with Gasteiger partial charge in [0.05, 0.1) is 13.5 Å². The second-order valence-electron chi connectivity index (χ2n) is 1.52. The first-order valence-corrected chi connectivity index (χ1v) is 2.84. The van der Waals surface area contributed by atoms with Crippen molar-refractivity contribution in [1.82, 2.24) is 0 Å². The fourth-order valence-electron chi connectivity index (χ4n) is 0.253. The van der Waals surface area contributed by atoms with E-state index in [1.165, 1.54) is 0 Å². The standard InChI is InChI=1S/C6H9ClO3/c1-4(6(7)9)3-5(8)10-2/h4H,3H2,1-2H3/t4-/m0/s1/i3D2,4D. The maximum atomic E-state index is 10.9. The maximum Gasteiger partial charge on any atom is 0.306 e. The smallest absolute Gasteiger partial charge is 0.306 e. The highest BCUT2D eigenvalue weighted by molar-refractivity contribution is 6.64. The molecule has 0 aromatic heterocycles. The molecule has 0 aliphatic carbocycles. The molecule has 0 N–H and O–H groups in total. The molecule has 0 aliphatic rings. The minimum Gasteiger partial charge on any atom is -0.469 e. The van der Waals surface area contributed by atoms with Gasteiger partial charge in [0.15, 0.2) is 0 Å². The number of carbonyl (C=O) groups is 2. The van der Waals surface area contributed by atoms with Crippen LogP contribution < -0.4 is 0 Å². The molecular formula is C6H9ClO3. The van der Waals surface area contributed by atoms with Crippen LogP contribution in [0.4, 0.5) is 0 Å². The van der Waals surface area contributed by atoms with E-state index < -0.39 is 23.5 Å². The molecule has 58 valence electrons. The molecule has 0 radical (unpaired) electrons. The number of esters is 1. The SMILES string of the molecule is [2H]C([2H])(C(=O)OC)[C@]([2H])(C)C(=O)Cl. The van der Waals surface area contributed by atoms with Crippen molar-refractivity contribution in [2.45, 2.75) is 13.3 Å². The molecule has 0 spiro atoms. The monoisotopic (exact) mass is 167 g/mol. The Morgan fingerprint density at radius 2 is 2.40 bits per heavy atom. The van der Waals surface area contributed by atoms with E-state index in [-0.39, 0.29) is 0 Å². The van der Waals surface area contributed by atoms with Crippen LogP contribution in [0.25, 0.3) is 0 Å². The van der Waals surface area contributed by atoms with Crippen LogP contribution in [0.3, 0.4) is 0 Å². The lowest BCUT2D eigenvalue weighted by Gasteiger charge is -2.02. The quantitative estimate of drug-likeness (QED) is 0.465. The number of halogens is 1. The fourth-order valence-corrected chi connectivity index (χ4v) is 0.301. The van der Waals surface area contributed by atoms with E-state index in [1.54, 1.807) is 0 Å². The predicted octanol–water partition coefficient (Wildman–Crippen LogP) is 0.951. The lowest BCUT2D eigenvalue weighted by molar-refractivity contribution is -0.142. The number of hydrogen-bond donors (Lipinski definition) is 0. The zero-order chi connectivity index (χ0) is 10.9. The number of methoxy groups -OCH3 is 1. The maximum absolute atomic E-state index is 10.9. The first-order chi connectivity index (χ1) is 5.67. The van der Waals surface area contributed by atoms with Gasteiger partial charge in [-0.15, -0.1) is 0 Å². The topological polar surface area (TPSA) is 43.4 Å². The van der Waals surface area contributed by atoms with Crippen LogP contribution in [-0.2, 0) is 14.3 Å². The van der Waals surface area contributed by atoms with E-state index in [0.717, 1.165) is 14.0 Å². The van der Waals surface area contributed by atoms with Crippen molar-refractivity contribution in [1.29, 1.82) is 0 Å². The predicted molar refractivity (Wildman–Crippen MR) is 36.7 cm³/mol. The molecule has 3 nitrogen and oxygen atoms in total. The van der Waals surface area contributed by atoms with Gasteiger partial charge < -0.3 is 4.74 Å². The Balaban J connectivity index is 5.02. The van der Waals surface area contributed by atoms with E-state index in [1.807, 2.05) is 0 Å². The summed E-state index contributed by atoms with van der Waals surface area (Å²) < 4.78 is 25.7. The zero-order valence-electron chi connectivity index (χ0n) is 8.60. The minimum atomic E-state index is -2.75. The third-order valence-corrected chi connectivity index (χ3v) is 1.05. The molecule has 0 amide bonds. The van der Waals surface area contributed by atoms with Crippen LogP contribution in [0, 0.1) is 5.89 Å². The molecular weight excluding hydrogens is 156 g/mol. The van der Waals surface area contributed by atoms with Gasteiger partial charge in [-0.3, -0.25) is 9.59 Å². The van der Waals surface area contributed by atoms with Crippen molar-refractivity contribution in [3.63, 3.8) is 0 Å². The Hall–Kier alpha value is -0.570. The summed E-state index contributed by atoms with van der Waals surface area (Å²) in [6.45, 7) is 0.916. The second kappa shape index (κ2) is 4.28. The van der Waals surface area contributed by atoms with Gasteiger partial charge in [0.2, 0.25) is 5.24 Å². The van der Waals surface area contributed by atoms with Gasteiger partial charge in [-0.25, -0.2) is 0 Å². The van der Waals surface area contributed by atoms with Gasteiger partial charge >= 0.3 is 5.97 Å². The van der Waals surface area contributed by atoms with Crippen molar-refractivity contribution >= 4 is 22.8 Å². The van der Waals surface area contributed by atoms with Crippen molar-refractivity contribution in [2.75, 3.05) is 7.11 Å². The van der Waals surface area contributed by atoms with Crippen LogP contribution in [-0.4, -0.2) is 18.3 Å². The minimum absolute atomic E-state index is 0.916. The molecule has 0 saturated carbocycles. The van der Waals surface area contributed by atoms with E-state index in [0.29, 0.717) is 0 Å². The summed E-state index contributed by atoms with van der Waals surface area (Å²) >= 11 is 4.98. The summed E-state index contributed by atoms with van der Waals surface area (Å²) in [6, 6.07) is 0. The summed E-state index contributed by atoms with van der Waals surface area (Å²) in [6.07, 6.45) is -2.75. The van der Waals surface area contributed by atoms with E-state index in [4.69, 9.17) is 15.7 Å². The Labute approximate surface area is 68.5 Å². The van der Waals surface area contributed by atoms with Gasteiger partial charge in [0.1, 0.15) is 0 Å². The molecule has 4 heteroatoms. The lowest BCUT2D eigenvalue weighted by atomic mass is 10.1. The van der Waals surface area contributed by atoms with Gasteiger partial charge in [0, 0.05) is 10.0 Å². The van der Waals surface area contributed by atoms with Crippen molar-refractivity contribution < 1.29 is 18.4 Å². The zero-order valence-corrected chi connectivity index (χ0v) is 6.36. The molecule has 10 heavy (non-hydrogen) atoms. The Kier molecular flexibility index (Phi) is 2.19. The lowest BCUT2D eigenvalue weighted by Crippen LogP contribution is -2.11. The van der Waals surface area contributed by atoms with Gasteiger partial charge in [0.25, 0.3) is 0 Å². The van der Waals surface area contributed by atoms with Crippen LogP contribution in [0.5, 0.6) is 0 Å². The Bertz CT molecular complexity index is 239. The number of rotatable bonds is 3. The molecule has 0 saturated heterocycles. The summed E-state index contributed by atoms with van der Waals surface area (Å²) in [7, 11) is 0.967. The summed E-state index contributed by atoms with van der Waals surface area (Å²) in [5, 5.41) is -1.25. The molecule has 0 fully saturated rings. The van der Waals surface area contributed by atoms with Gasteiger partial charge in [-0.1, -0.05) is 6.92 Å².